The fraction of sp³-hybridized carbons (Fsp3) is 0.389. The number of nitrogens with zero attached hydrogens (tertiary/aromatic N) is 1. The summed E-state index contributed by atoms with van der Waals surface area (Å²) in [5.74, 6) is 1.80. The molecule has 2 aliphatic carbocycles. The van der Waals surface area contributed by atoms with Gasteiger partial charge in [-0.15, -0.1) is 0 Å². The lowest BCUT2D eigenvalue weighted by Gasteiger charge is -2.25. The van der Waals surface area contributed by atoms with Gasteiger partial charge in [0.25, 0.3) is 0 Å². The van der Waals surface area contributed by atoms with Crippen LogP contribution in [0.15, 0.2) is 36.4 Å². The third-order valence-electron chi connectivity index (χ3n) is 5.12. The van der Waals surface area contributed by atoms with E-state index in [0.717, 1.165) is 22.8 Å². The van der Waals surface area contributed by atoms with Gasteiger partial charge < -0.3 is 5.32 Å². The van der Waals surface area contributed by atoms with E-state index in [1.54, 1.807) is 0 Å². The van der Waals surface area contributed by atoms with Gasteiger partial charge in [0.05, 0.1) is 11.6 Å². The van der Waals surface area contributed by atoms with Crippen molar-refractivity contribution in [1.29, 1.82) is 5.26 Å². The van der Waals surface area contributed by atoms with Gasteiger partial charge in [0.15, 0.2) is 0 Å². The van der Waals surface area contributed by atoms with Gasteiger partial charge in [-0.3, -0.25) is 0 Å². The van der Waals surface area contributed by atoms with Crippen molar-refractivity contribution in [3.63, 3.8) is 0 Å². The van der Waals surface area contributed by atoms with Crippen molar-refractivity contribution < 1.29 is 0 Å². The number of nitriles is 1. The van der Waals surface area contributed by atoms with Crippen LogP contribution in [0.5, 0.6) is 0 Å². The van der Waals surface area contributed by atoms with Crippen molar-refractivity contribution in [3.8, 4) is 6.07 Å². The number of nitrogens with one attached hydrogen (secondary N) is 1. The molecule has 0 spiro atoms. The smallest absolute Gasteiger partial charge is 0.0998 e. The van der Waals surface area contributed by atoms with E-state index < -0.39 is 0 Å². The predicted molar refractivity (Wildman–Crippen MR) is 81.5 cm³/mol. The molecular weight excluding hydrogens is 244 g/mol. The molecule has 0 radical (unpaired) electrons. The Labute approximate surface area is 119 Å². The van der Waals surface area contributed by atoms with Gasteiger partial charge in [0.2, 0.25) is 0 Å². The Hall–Kier alpha value is -2.01. The van der Waals surface area contributed by atoms with Gasteiger partial charge >= 0.3 is 0 Å². The largest absolute Gasteiger partial charge is 0.382 e. The van der Waals surface area contributed by atoms with Crippen molar-refractivity contribution in [2.24, 2.45) is 11.8 Å². The van der Waals surface area contributed by atoms with Crippen molar-refractivity contribution in [3.05, 3.63) is 42.0 Å². The van der Waals surface area contributed by atoms with Crippen molar-refractivity contribution in [2.45, 2.75) is 31.7 Å². The molecule has 2 heteroatoms. The van der Waals surface area contributed by atoms with Crippen LogP contribution in [0, 0.1) is 23.2 Å². The first-order chi connectivity index (χ1) is 9.85. The van der Waals surface area contributed by atoms with E-state index in [4.69, 9.17) is 0 Å². The van der Waals surface area contributed by atoms with Gasteiger partial charge in [-0.2, -0.15) is 5.26 Å². The Morgan fingerprint density at radius 2 is 1.85 bits per heavy atom. The van der Waals surface area contributed by atoms with E-state index in [2.05, 4.69) is 29.6 Å². The Kier molecular flexibility index (Phi) is 2.67. The normalized spacial score (nSPS) is 27.6. The molecule has 2 fully saturated rings. The van der Waals surface area contributed by atoms with E-state index in [0.29, 0.717) is 6.04 Å². The molecule has 0 aromatic heterocycles. The Morgan fingerprint density at radius 3 is 2.55 bits per heavy atom. The predicted octanol–water partition coefficient (Wildman–Crippen LogP) is 4.31. The molecule has 100 valence electrons. The zero-order valence-corrected chi connectivity index (χ0v) is 11.5. The highest BCUT2D eigenvalue weighted by molar-refractivity contribution is 5.97. The third kappa shape index (κ3) is 1.78. The lowest BCUT2D eigenvalue weighted by Crippen LogP contribution is -2.25. The highest BCUT2D eigenvalue weighted by Crippen LogP contribution is 2.46. The summed E-state index contributed by atoms with van der Waals surface area (Å²) in [5, 5.41) is 15.2. The fourth-order valence-electron chi connectivity index (χ4n) is 4.14. The maximum absolute atomic E-state index is 9.23. The van der Waals surface area contributed by atoms with Crippen LogP contribution in [0.2, 0.25) is 0 Å². The summed E-state index contributed by atoms with van der Waals surface area (Å²) in [6, 6.07) is 15.2. The Balaban J connectivity index is 1.72. The second-order valence-electron chi connectivity index (χ2n) is 6.24. The topological polar surface area (TPSA) is 35.8 Å². The molecule has 0 heterocycles. The number of anilines is 1. The van der Waals surface area contributed by atoms with Crippen LogP contribution in [0.4, 0.5) is 5.69 Å². The molecule has 0 saturated heterocycles. The number of hydrogen-bond acceptors (Lipinski definition) is 2. The van der Waals surface area contributed by atoms with E-state index in [1.165, 1.54) is 36.8 Å². The second-order valence-corrected chi connectivity index (χ2v) is 6.24. The summed E-state index contributed by atoms with van der Waals surface area (Å²) < 4.78 is 0. The molecule has 3 atom stereocenters. The van der Waals surface area contributed by atoms with Crippen LogP contribution >= 0.6 is 0 Å². The number of rotatable bonds is 2. The first kappa shape index (κ1) is 11.8. The molecule has 3 unspecified atom stereocenters. The molecule has 2 aromatic rings. The molecule has 0 aliphatic heterocycles. The summed E-state index contributed by atoms with van der Waals surface area (Å²) in [4.78, 5) is 0. The quantitative estimate of drug-likeness (QED) is 0.875. The van der Waals surface area contributed by atoms with Crippen molar-refractivity contribution in [2.75, 3.05) is 5.32 Å². The zero-order valence-electron chi connectivity index (χ0n) is 11.5. The summed E-state index contributed by atoms with van der Waals surface area (Å²) in [7, 11) is 0. The summed E-state index contributed by atoms with van der Waals surface area (Å²) in [6.07, 6.45) is 5.54. The van der Waals surface area contributed by atoms with Gasteiger partial charge in [-0.1, -0.05) is 30.7 Å². The highest BCUT2D eigenvalue weighted by Gasteiger charge is 2.39. The number of benzene rings is 2. The zero-order chi connectivity index (χ0) is 13.5. The van der Waals surface area contributed by atoms with Gasteiger partial charge in [-0.25, -0.2) is 0 Å². The molecule has 20 heavy (non-hydrogen) atoms. The highest BCUT2D eigenvalue weighted by atomic mass is 14.9. The van der Waals surface area contributed by atoms with E-state index in [1.807, 2.05) is 18.2 Å². The Morgan fingerprint density at radius 1 is 1.00 bits per heavy atom. The summed E-state index contributed by atoms with van der Waals surface area (Å²) in [6.45, 7) is 0. The minimum atomic E-state index is 0.630. The molecule has 2 saturated carbocycles. The maximum atomic E-state index is 9.23. The van der Waals surface area contributed by atoms with Crippen LogP contribution in [-0.4, -0.2) is 6.04 Å². The van der Waals surface area contributed by atoms with Crippen molar-refractivity contribution in [1.82, 2.24) is 0 Å². The van der Waals surface area contributed by atoms with Crippen LogP contribution in [-0.2, 0) is 0 Å². The standard InChI is InChI=1S/C18H18N2/c19-11-14-7-8-17(16-4-2-1-3-15(14)16)20-18-10-12-5-6-13(18)9-12/h1-4,7-8,12-13,18,20H,5-6,9-10H2. The molecular formula is C18H18N2. The lowest BCUT2D eigenvalue weighted by atomic mass is 9.94. The van der Waals surface area contributed by atoms with Gasteiger partial charge in [0, 0.05) is 22.5 Å². The van der Waals surface area contributed by atoms with E-state index in [9.17, 15) is 5.26 Å². The van der Waals surface area contributed by atoms with Gasteiger partial charge in [0.1, 0.15) is 0 Å². The summed E-state index contributed by atoms with van der Waals surface area (Å²) >= 11 is 0. The Bertz CT molecular complexity index is 698. The molecule has 1 N–H and O–H groups in total. The average molecular weight is 262 g/mol. The average Bonchev–Trinajstić information content (AvgIpc) is 3.10. The first-order valence-electron chi connectivity index (χ1n) is 7.53. The SMILES string of the molecule is N#Cc1ccc(NC2CC3CCC2C3)c2ccccc12. The minimum Gasteiger partial charge on any atom is -0.382 e. The molecule has 2 bridgehead atoms. The third-order valence-corrected chi connectivity index (χ3v) is 5.12. The molecule has 2 nitrogen and oxygen atoms in total. The lowest BCUT2D eigenvalue weighted by molar-refractivity contribution is 0.440. The van der Waals surface area contributed by atoms with Crippen LogP contribution < -0.4 is 5.32 Å². The number of hydrogen-bond donors (Lipinski definition) is 1. The fourth-order valence-corrected chi connectivity index (χ4v) is 4.14. The van der Waals surface area contributed by atoms with Crippen LogP contribution in [0.1, 0.15) is 31.2 Å². The number of fused-ring (bicyclic) bond motifs is 3. The molecule has 2 aromatic carbocycles. The molecule has 4 rings (SSSR count). The minimum absolute atomic E-state index is 0.630. The van der Waals surface area contributed by atoms with Gasteiger partial charge in [-0.05, 0) is 43.2 Å². The molecule has 2 aliphatic rings. The van der Waals surface area contributed by atoms with Crippen LogP contribution in [0.25, 0.3) is 10.8 Å². The van der Waals surface area contributed by atoms with E-state index in [-0.39, 0.29) is 0 Å². The van der Waals surface area contributed by atoms with E-state index >= 15 is 0 Å². The second kappa shape index (κ2) is 4.52. The maximum Gasteiger partial charge on any atom is 0.0998 e. The summed E-state index contributed by atoms with van der Waals surface area (Å²) in [5.41, 5.74) is 1.95. The molecule has 0 amide bonds. The first-order valence-corrected chi connectivity index (χ1v) is 7.53. The van der Waals surface area contributed by atoms with Crippen LogP contribution in [0.3, 0.4) is 0 Å². The van der Waals surface area contributed by atoms with Crippen molar-refractivity contribution >= 4 is 16.5 Å². The monoisotopic (exact) mass is 262 g/mol.